The standard InChI is InChI=1S/C12H17N3O2/c13-9-4-5-11(6-10-14)12(15(16)17)7-2-1-3-8-12/h11H,1-8H2/t11-/m0/s1. The van der Waals surface area contributed by atoms with Crippen LogP contribution in [0.2, 0.25) is 0 Å². The molecule has 0 unspecified atom stereocenters. The maximum absolute atomic E-state index is 11.4. The normalized spacial score (nSPS) is 19.9. The second-order valence-corrected chi connectivity index (χ2v) is 4.68. The first-order valence-electron chi connectivity index (χ1n) is 6.06. The summed E-state index contributed by atoms with van der Waals surface area (Å²) in [6.07, 6.45) is 4.79. The second kappa shape index (κ2) is 6.20. The molecule has 0 spiro atoms. The number of hydrogen-bond donors (Lipinski definition) is 0. The van der Waals surface area contributed by atoms with E-state index in [0.717, 1.165) is 19.3 Å². The highest BCUT2D eigenvalue weighted by molar-refractivity contribution is 4.95. The van der Waals surface area contributed by atoms with Crippen LogP contribution in [0.3, 0.4) is 0 Å². The molecule has 17 heavy (non-hydrogen) atoms. The van der Waals surface area contributed by atoms with Gasteiger partial charge in [0, 0.05) is 36.5 Å². The minimum Gasteiger partial charge on any atom is -0.264 e. The van der Waals surface area contributed by atoms with Gasteiger partial charge in [0.1, 0.15) is 0 Å². The monoisotopic (exact) mass is 235 g/mol. The van der Waals surface area contributed by atoms with E-state index < -0.39 is 5.54 Å². The van der Waals surface area contributed by atoms with Gasteiger partial charge in [-0.15, -0.1) is 0 Å². The lowest BCUT2D eigenvalue weighted by Crippen LogP contribution is -2.47. The topological polar surface area (TPSA) is 90.7 Å². The molecule has 0 heterocycles. The largest absolute Gasteiger partial charge is 0.264 e. The van der Waals surface area contributed by atoms with Gasteiger partial charge < -0.3 is 0 Å². The molecular formula is C12H17N3O2. The fourth-order valence-corrected chi connectivity index (χ4v) is 2.81. The van der Waals surface area contributed by atoms with E-state index in [9.17, 15) is 10.1 Å². The van der Waals surface area contributed by atoms with Crippen molar-refractivity contribution in [2.75, 3.05) is 0 Å². The molecule has 5 heteroatoms. The van der Waals surface area contributed by atoms with Gasteiger partial charge in [0.25, 0.3) is 0 Å². The van der Waals surface area contributed by atoms with Gasteiger partial charge in [-0.25, -0.2) is 0 Å². The van der Waals surface area contributed by atoms with Crippen LogP contribution in [0.5, 0.6) is 0 Å². The van der Waals surface area contributed by atoms with Crippen LogP contribution >= 0.6 is 0 Å². The summed E-state index contributed by atoms with van der Waals surface area (Å²) in [5, 5.41) is 28.8. The Morgan fingerprint density at radius 1 is 1.24 bits per heavy atom. The van der Waals surface area contributed by atoms with Crippen molar-refractivity contribution in [2.24, 2.45) is 5.92 Å². The molecular weight excluding hydrogens is 218 g/mol. The fourth-order valence-electron chi connectivity index (χ4n) is 2.81. The summed E-state index contributed by atoms with van der Waals surface area (Å²) in [5.41, 5.74) is -0.954. The number of hydrogen-bond acceptors (Lipinski definition) is 4. The summed E-state index contributed by atoms with van der Waals surface area (Å²) in [6.45, 7) is 0. The Morgan fingerprint density at radius 3 is 2.35 bits per heavy atom. The van der Waals surface area contributed by atoms with Gasteiger partial charge in [0.15, 0.2) is 0 Å². The molecule has 1 aliphatic carbocycles. The van der Waals surface area contributed by atoms with Gasteiger partial charge in [-0.05, 0) is 19.3 Å². The molecule has 1 fully saturated rings. The molecule has 0 saturated heterocycles. The lowest BCUT2D eigenvalue weighted by atomic mass is 9.70. The van der Waals surface area contributed by atoms with Crippen molar-refractivity contribution >= 4 is 0 Å². The van der Waals surface area contributed by atoms with Crippen molar-refractivity contribution in [1.29, 1.82) is 10.5 Å². The van der Waals surface area contributed by atoms with Crippen molar-refractivity contribution < 1.29 is 4.92 Å². The van der Waals surface area contributed by atoms with Gasteiger partial charge in [-0.2, -0.15) is 10.5 Å². The zero-order chi connectivity index (χ0) is 12.7. The van der Waals surface area contributed by atoms with E-state index in [-0.39, 0.29) is 17.3 Å². The molecule has 0 radical (unpaired) electrons. The van der Waals surface area contributed by atoms with Crippen LogP contribution in [0.15, 0.2) is 0 Å². The van der Waals surface area contributed by atoms with E-state index in [2.05, 4.69) is 0 Å². The van der Waals surface area contributed by atoms with Crippen molar-refractivity contribution in [1.82, 2.24) is 0 Å². The van der Waals surface area contributed by atoms with E-state index in [0.29, 0.717) is 25.7 Å². The lowest BCUT2D eigenvalue weighted by molar-refractivity contribution is -0.586. The molecule has 92 valence electrons. The van der Waals surface area contributed by atoms with E-state index in [1.165, 1.54) is 0 Å². The van der Waals surface area contributed by atoms with Gasteiger partial charge in [-0.3, -0.25) is 10.1 Å². The molecule has 1 atom stereocenters. The molecule has 0 aliphatic heterocycles. The third-order valence-electron chi connectivity index (χ3n) is 3.79. The molecule has 0 N–H and O–H groups in total. The average Bonchev–Trinajstić information content (AvgIpc) is 2.35. The molecule has 0 aromatic rings. The third-order valence-corrected chi connectivity index (χ3v) is 3.79. The van der Waals surface area contributed by atoms with Crippen LogP contribution in [0.4, 0.5) is 0 Å². The summed E-state index contributed by atoms with van der Waals surface area (Å²) in [4.78, 5) is 11.2. The molecule has 0 bridgehead atoms. The van der Waals surface area contributed by atoms with E-state index in [1.807, 2.05) is 12.1 Å². The van der Waals surface area contributed by atoms with Crippen LogP contribution in [-0.2, 0) is 0 Å². The highest BCUT2D eigenvalue weighted by atomic mass is 16.6. The highest BCUT2D eigenvalue weighted by Crippen LogP contribution is 2.40. The predicted octanol–water partition coefficient (Wildman–Crippen LogP) is 2.80. The molecule has 0 aromatic carbocycles. The number of rotatable bonds is 5. The Balaban J connectivity index is 2.88. The fraction of sp³-hybridized carbons (Fsp3) is 0.833. The van der Waals surface area contributed by atoms with Gasteiger partial charge in [-0.1, -0.05) is 6.42 Å². The molecule has 5 nitrogen and oxygen atoms in total. The molecule has 0 amide bonds. The van der Waals surface area contributed by atoms with Crippen molar-refractivity contribution in [3.05, 3.63) is 10.1 Å². The average molecular weight is 235 g/mol. The maximum atomic E-state index is 11.4. The first kappa shape index (κ1) is 13.4. The minimum absolute atomic E-state index is 0.183. The maximum Gasteiger partial charge on any atom is 0.226 e. The van der Waals surface area contributed by atoms with Crippen molar-refractivity contribution in [3.8, 4) is 12.1 Å². The van der Waals surface area contributed by atoms with Gasteiger partial charge in [0.05, 0.1) is 12.1 Å². The van der Waals surface area contributed by atoms with Crippen LogP contribution < -0.4 is 0 Å². The number of nitrogens with zero attached hydrogens (tertiary/aromatic N) is 3. The highest BCUT2D eigenvalue weighted by Gasteiger charge is 2.50. The Bertz CT molecular complexity index is 348. The number of nitriles is 2. The smallest absolute Gasteiger partial charge is 0.226 e. The Kier molecular flexibility index (Phi) is 4.90. The number of nitro groups is 1. The Labute approximate surface area is 101 Å². The van der Waals surface area contributed by atoms with Gasteiger partial charge >= 0.3 is 0 Å². The first-order valence-corrected chi connectivity index (χ1v) is 6.06. The summed E-state index contributed by atoms with van der Waals surface area (Å²) < 4.78 is 0. The molecule has 1 aliphatic rings. The van der Waals surface area contributed by atoms with Crippen LogP contribution in [0, 0.1) is 38.7 Å². The van der Waals surface area contributed by atoms with Crippen LogP contribution in [-0.4, -0.2) is 10.5 Å². The zero-order valence-electron chi connectivity index (χ0n) is 9.89. The summed E-state index contributed by atoms with van der Waals surface area (Å²) >= 11 is 0. The molecule has 0 aromatic heterocycles. The van der Waals surface area contributed by atoms with Crippen LogP contribution in [0.1, 0.15) is 51.4 Å². The van der Waals surface area contributed by atoms with E-state index in [4.69, 9.17) is 10.5 Å². The second-order valence-electron chi connectivity index (χ2n) is 4.68. The molecule has 1 saturated carbocycles. The third kappa shape index (κ3) is 2.94. The quantitative estimate of drug-likeness (QED) is 0.541. The predicted molar refractivity (Wildman–Crippen MR) is 61.4 cm³/mol. The summed E-state index contributed by atoms with van der Waals surface area (Å²) in [7, 11) is 0. The zero-order valence-corrected chi connectivity index (χ0v) is 9.89. The summed E-state index contributed by atoms with van der Waals surface area (Å²) in [6, 6.07) is 4.06. The lowest BCUT2D eigenvalue weighted by Gasteiger charge is -2.34. The Morgan fingerprint density at radius 2 is 1.88 bits per heavy atom. The van der Waals surface area contributed by atoms with Crippen molar-refractivity contribution in [2.45, 2.75) is 56.9 Å². The Hall–Kier alpha value is -1.62. The first-order chi connectivity index (χ1) is 8.17. The molecule has 1 rings (SSSR count). The minimum atomic E-state index is -0.954. The van der Waals surface area contributed by atoms with Crippen LogP contribution in [0.25, 0.3) is 0 Å². The summed E-state index contributed by atoms with van der Waals surface area (Å²) in [5.74, 6) is -0.276. The van der Waals surface area contributed by atoms with Crippen molar-refractivity contribution in [3.63, 3.8) is 0 Å². The SMILES string of the molecule is N#CCC[C@@H](CC#N)C1([N+](=O)[O-])CCCCC1. The van der Waals surface area contributed by atoms with Gasteiger partial charge in [0.2, 0.25) is 5.54 Å². The van der Waals surface area contributed by atoms with E-state index in [1.54, 1.807) is 0 Å². The van der Waals surface area contributed by atoms with E-state index >= 15 is 0 Å².